The Labute approximate surface area is 80.8 Å². The van der Waals surface area contributed by atoms with Crippen molar-refractivity contribution in [1.82, 2.24) is 0 Å². The van der Waals surface area contributed by atoms with Gasteiger partial charge in [-0.1, -0.05) is 13.8 Å². The predicted molar refractivity (Wildman–Crippen MR) is 53.5 cm³/mol. The van der Waals surface area contributed by atoms with Crippen molar-refractivity contribution in [3.05, 3.63) is 0 Å². The van der Waals surface area contributed by atoms with Gasteiger partial charge in [0.25, 0.3) is 0 Å². The summed E-state index contributed by atoms with van der Waals surface area (Å²) in [6.45, 7) is 4.16. The van der Waals surface area contributed by atoms with E-state index in [2.05, 4.69) is 6.92 Å². The minimum absolute atomic E-state index is 0.0116. The van der Waals surface area contributed by atoms with E-state index in [4.69, 9.17) is 9.47 Å². The van der Waals surface area contributed by atoms with Crippen LogP contribution in [0.1, 0.15) is 20.3 Å². The molecule has 4 heteroatoms. The normalized spacial score (nSPS) is 45.4. The van der Waals surface area contributed by atoms with Crippen LogP contribution in [0.5, 0.6) is 0 Å². The topological polar surface area (TPSA) is 38.7 Å². The van der Waals surface area contributed by atoms with Crippen molar-refractivity contribution in [2.24, 2.45) is 5.92 Å². The van der Waals surface area contributed by atoms with Crippen molar-refractivity contribution >= 4 is 7.85 Å². The van der Waals surface area contributed by atoms with Crippen LogP contribution in [0.25, 0.3) is 0 Å². The molecule has 1 saturated heterocycles. The van der Waals surface area contributed by atoms with E-state index in [9.17, 15) is 5.11 Å². The zero-order valence-corrected chi connectivity index (χ0v) is 8.91. The Morgan fingerprint density at radius 1 is 1.62 bits per heavy atom. The maximum absolute atomic E-state index is 9.35. The lowest BCUT2D eigenvalue weighted by molar-refractivity contribution is -0.111. The fourth-order valence-corrected chi connectivity index (χ4v) is 2.22. The Hall–Kier alpha value is -0.0551. The van der Waals surface area contributed by atoms with Gasteiger partial charge in [-0.25, -0.2) is 0 Å². The third-order valence-electron chi connectivity index (χ3n) is 3.28. The third-order valence-corrected chi connectivity index (χ3v) is 3.28. The first-order valence-electron chi connectivity index (χ1n) is 4.92. The first kappa shape index (κ1) is 11.0. The molecule has 1 N–H and O–H groups in total. The molecule has 0 aromatic rings. The average Bonchev–Trinajstić information content (AvgIpc) is 2.40. The van der Waals surface area contributed by atoms with Gasteiger partial charge in [-0.05, 0) is 6.42 Å². The lowest BCUT2D eigenvalue weighted by Crippen LogP contribution is -2.45. The molecule has 1 heterocycles. The summed E-state index contributed by atoms with van der Waals surface area (Å²) in [5.41, 5.74) is -0.479. The van der Waals surface area contributed by atoms with Crippen LogP contribution < -0.4 is 0 Å². The fraction of sp³-hybridized carbons (Fsp3) is 1.00. The summed E-state index contributed by atoms with van der Waals surface area (Å²) in [7, 11) is 3.71. The quantitative estimate of drug-likeness (QED) is 0.618. The van der Waals surface area contributed by atoms with Crippen molar-refractivity contribution in [2.75, 3.05) is 13.7 Å². The molecular formula is C9H19BO3. The number of aliphatic hydroxyl groups is 1. The zero-order chi connectivity index (χ0) is 10.1. The second-order valence-corrected chi connectivity index (χ2v) is 3.91. The summed E-state index contributed by atoms with van der Waals surface area (Å²) in [5, 5.41) is 9.35. The summed E-state index contributed by atoms with van der Waals surface area (Å²) < 4.78 is 11.2. The molecule has 0 aromatic heterocycles. The molecule has 0 aromatic carbocycles. The molecule has 1 rings (SSSR count). The highest BCUT2D eigenvalue weighted by Gasteiger charge is 2.50. The van der Waals surface area contributed by atoms with Crippen LogP contribution in [0.4, 0.5) is 0 Å². The van der Waals surface area contributed by atoms with Gasteiger partial charge in [0.1, 0.15) is 13.4 Å². The van der Waals surface area contributed by atoms with E-state index in [1.165, 1.54) is 0 Å². The van der Waals surface area contributed by atoms with Crippen molar-refractivity contribution in [3.8, 4) is 0 Å². The monoisotopic (exact) mass is 186 g/mol. The standard InChI is InChI=1S/C9H19BO3/c1-4-9(5-11)7(12-3)6(2)8(10)13-9/h6-8,11H,4-5,10H2,1-3H3/t6?,7-,8?,9+/m0/s1. The molecule has 3 nitrogen and oxygen atoms in total. The van der Waals surface area contributed by atoms with Crippen LogP contribution in [0.15, 0.2) is 0 Å². The van der Waals surface area contributed by atoms with E-state index in [1.54, 1.807) is 7.11 Å². The largest absolute Gasteiger partial charge is 0.393 e. The van der Waals surface area contributed by atoms with Crippen LogP contribution in [0.3, 0.4) is 0 Å². The Bertz CT molecular complexity index is 170. The van der Waals surface area contributed by atoms with E-state index < -0.39 is 5.60 Å². The van der Waals surface area contributed by atoms with E-state index in [-0.39, 0.29) is 18.7 Å². The molecule has 1 aliphatic rings. The smallest absolute Gasteiger partial charge is 0.139 e. The van der Waals surface area contributed by atoms with Gasteiger partial charge in [-0.3, -0.25) is 0 Å². The van der Waals surface area contributed by atoms with Crippen LogP contribution >= 0.6 is 0 Å². The molecule has 76 valence electrons. The molecule has 0 radical (unpaired) electrons. The number of hydrogen-bond acceptors (Lipinski definition) is 3. The van der Waals surface area contributed by atoms with Gasteiger partial charge in [-0.15, -0.1) is 0 Å². The summed E-state index contributed by atoms with van der Waals surface area (Å²) >= 11 is 0. The molecule has 1 aliphatic heterocycles. The Kier molecular flexibility index (Phi) is 3.38. The van der Waals surface area contributed by atoms with Gasteiger partial charge in [-0.2, -0.15) is 0 Å². The molecule has 0 amide bonds. The van der Waals surface area contributed by atoms with Crippen LogP contribution in [0, 0.1) is 5.92 Å². The van der Waals surface area contributed by atoms with Crippen LogP contribution in [0.2, 0.25) is 0 Å². The van der Waals surface area contributed by atoms with Gasteiger partial charge in [0.15, 0.2) is 0 Å². The SMILES string of the molecule is BC1O[C@](CC)(CO)[C@@H](OC)C1C. The summed E-state index contributed by atoms with van der Waals surface area (Å²) in [4.78, 5) is 0. The van der Waals surface area contributed by atoms with E-state index in [1.807, 2.05) is 14.8 Å². The average molecular weight is 186 g/mol. The van der Waals surface area contributed by atoms with E-state index >= 15 is 0 Å². The predicted octanol–water partition coefficient (Wildman–Crippen LogP) is -0.232. The Morgan fingerprint density at radius 2 is 2.23 bits per heavy atom. The molecular weight excluding hydrogens is 167 g/mol. The maximum Gasteiger partial charge on any atom is 0.139 e. The first-order chi connectivity index (χ1) is 6.11. The lowest BCUT2D eigenvalue weighted by atomic mass is 9.82. The van der Waals surface area contributed by atoms with Crippen molar-refractivity contribution in [1.29, 1.82) is 0 Å². The summed E-state index contributed by atoms with van der Waals surface area (Å²) in [6.07, 6.45) is 0.800. The van der Waals surface area contributed by atoms with E-state index in [0.717, 1.165) is 6.42 Å². The third kappa shape index (κ3) is 1.63. The number of ether oxygens (including phenoxy) is 2. The number of rotatable bonds is 3. The van der Waals surface area contributed by atoms with Crippen molar-refractivity contribution in [2.45, 2.75) is 38.0 Å². The van der Waals surface area contributed by atoms with Crippen molar-refractivity contribution < 1.29 is 14.6 Å². The highest BCUT2D eigenvalue weighted by Crippen LogP contribution is 2.37. The molecule has 2 unspecified atom stereocenters. The summed E-state index contributed by atoms with van der Waals surface area (Å²) in [5.74, 6) is 0.345. The highest BCUT2D eigenvalue weighted by molar-refractivity contribution is 6.11. The zero-order valence-electron chi connectivity index (χ0n) is 8.91. The number of hydrogen-bond donors (Lipinski definition) is 1. The van der Waals surface area contributed by atoms with Gasteiger partial charge < -0.3 is 14.6 Å². The van der Waals surface area contributed by atoms with E-state index in [0.29, 0.717) is 5.92 Å². The summed E-state index contributed by atoms with van der Waals surface area (Å²) in [6, 6.07) is 0.164. The first-order valence-corrected chi connectivity index (χ1v) is 4.92. The van der Waals surface area contributed by atoms with Crippen LogP contribution in [-0.2, 0) is 9.47 Å². The van der Waals surface area contributed by atoms with Gasteiger partial charge in [0, 0.05) is 19.0 Å². The number of methoxy groups -OCH3 is 1. The molecule has 0 bridgehead atoms. The molecule has 0 aliphatic carbocycles. The van der Waals surface area contributed by atoms with Gasteiger partial charge >= 0.3 is 0 Å². The van der Waals surface area contributed by atoms with Crippen molar-refractivity contribution in [3.63, 3.8) is 0 Å². The second kappa shape index (κ2) is 3.99. The maximum atomic E-state index is 9.35. The number of aliphatic hydroxyl groups excluding tert-OH is 1. The molecule has 4 atom stereocenters. The Morgan fingerprint density at radius 3 is 2.54 bits per heavy atom. The minimum Gasteiger partial charge on any atom is -0.393 e. The fourth-order valence-electron chi connectivity index (χ4n) is 2.22. The Balaban J connectivity index is 2.85. The lowest BCUT2D eigenvalue weighted by Gasteiger charge is -2.31. The van der Waals surface area contributed by atoms with Crippen LogP contribution in [-0.4, -0.2) is 44.4 Å². The van der Waals surface area contributed by atoms with Gasteiger partial charge in [0.05, 0.1) is 12.7 Å². The molecule has 1 fully saturated rings. The minimum atomic E-state index is -0.479. The molecule has 13 heavy (non-hydrogen) atoms. The molecule has 0 saturated carbocycles. The second-order valence-electron chi connectivity index (χ2n) is 3.91. The molecule has 0 spiro atoms. The van der Waals surface area contributed by atoms with Gasteiger partial charge in [0.2, 0.25) is 0 Å². The highest BCUT2D eigenvalue weighted by atomic mass is 16.6.